The van der Waals surface area contributed by atoms with Crippen LogP contribution in [-0.2, 0) is 11.3 Å². The molecule has 0 atom stereocenters. The predicted molar refractivity (Wildman–Crippen MR) is 102 cm³/mol. The minimum absolute atomic E-state index is 0.0387. The monoisotopic (exact) mass is 360 g/mol. The van der Waals surface area contributed by atoms with Gasteiger partial charge in [-0.25, -0.2) is 4.39 Å². The van der Waals surface area contributed by atoms with E-state index in [0.717, 1.165) is 33.3 Å². The molecule has 0 unspecified atom stereocenters. The van der Waals surface area contributed by atoms with Gasteiger partial charge in [-0.15, -0.1) is 0 Å². The number of hydrogen-bond acceptors (Lipinski definition) is 3. The number of amides is 1. The van der Waals surface area contributed by atoms with E-state index in [9.17, 15) is 9.18 Å². The van der Waals surface area contributed by atoms with Gasteiger partial charge in [-0.2, -0.15) is 5.10 Å². The van der Waals surface area contributed by atoms with Crippen LogP contribution in [-0.4, -0.2) is 20.7 Å². The van der Waals surface area contributed by atoms with Gasteiger partial charge in [0.1, 0.15) is 12.4 Å². The lowest BCUT2D eigenvalue weighted by atomic mass is 9.98. The summed E-state index contributed by atoms with van der Waals surface area (Å²) in [7, 11) is 0. The first-order valence-electron chi connectivity index (χ1n) is 8.49. The van der Waals surface area contributed by atoms with Crippen LogP contribution in [0.2, 0.25) is 0 Å². The van der Waals surface area contributed by atoms with Crippen LogP contribution in [0.15, 0.2) is 60.9 Å². The number of aromatic nitrogens is 3. The van der Waals surface area contributed by atoms with Crippen molar-refractivity contribution in [1.29, 1.82) is 0 Å². The molecule has 0 saturated carbocycles. The molecule has 6 heteroatoms. The number of aryl methyl sites for hydroxylation is 1. The molecule has 0 radical (unpaired) electrons. The molecule has 0 aliphatic rings. The van der Waals surface area contributed by atoms with E-state index in [1.165, 1.54) is 10.7 Å². The van der Waals surface area contributed by atoms with Gasteiger partial charge in [0, 0.05) is 28.9 Å². The summed E-state index contributed by atoms with van der Waals surface area (Å²) in [4.78, 5) is 15.6. The molecule has 27 heavy (non-hydrogen) atoms. The van der Waals surface area contributed by atoms with Crippen molar-refractivity contribution in [1.82, 2.24) is 14.8 Å². The summed E-state index contributed by atoms with van der Waals surface area (Å²) in [6.45, 7) is 1.77. The number of pyridine rings is 1. The van der Waals surface area contributed by atoms with Gasteiger partial charge in [0.2, 0.25) is 5.91 Å². The summed E-state index contributed by atoms with van der Waals surface area (Å²) in [5, 5.41) is 5.33. The Morgan fingerprint density at radius 2 is 1.96 bits per heavy atom. The normalized spacial score (nSPS) is 11.0. The Bertz CT molecular complexity index is 1170. The van der Waals surface area contributed by atoms with E-state index in [4.69, 9.17) is 5.73 Å². The molecule has 2 heterocycles. The fraction of sp³-hybridized carbons (Fsp3) is 0.0952. The number of rotatable bonds is 4. The molecule has 4 rings (SSSR count). The zero-order valence-electron chi connectivity index (χ0n) is 14.7. The lowest BCUT2D eigenvalue weighted by molar-refractivity contribution is -0.118. The topological polar surface area (TPSA) is 73.8 Å². The Kier molecular flexibility index (Phi) is 4.16. The number of halogens is 1. The second-order valence-electron chi connectivity index (χ2n) is 6.43. The molecule has 2 aromatic carbocycles. The summed E-state index contributed by atoms with van der Waals surface area (Å²) in [6.07, 6.45) is 3.51. The molecule has 2 N–H and O–H groups in total. The summed E-state index contributed by atoms with van der Waals surface area (Å²) in [5.74, 6) is -0.679. The molecule has 2 aromatic heterocycles. The first-order chi connectivity index (χ1) is 13.0. The Morgan fingerprint density at radius 1 is 1.15 bits per heavy atom. The van der Waals surface area contributed by atoms with Crippen molar-refractivity contribution in [2.75, 3.05) is 0 Å². The lowest BCUT2D eigenvalue weighted by Crippen LogP contribution is -2.18. The standard InChI is InChI=1S/C21H17FN4O/c1-13-9-15(6-7-18(13)22)21-17(3-2-8-24-21)14-4-5-16-11-26(12-20(23)27)25-19(16)10-14/h2-11H,12H2,1H3,(H2,23,27). The van der Waals surface area contributed by atoms with Crippen LogP contribution in [0.5, 0.6) is 0 Å². The Hall–Kier alpha value is -3.54. The molecule has 0 spiro atoms. The second kappa shape index (κ2) is 6.64. The molecule has 0 fully saturated rings. The van der Waals surface area contributed by atoms with Crippen LogP contribution in [0.4, 0.5) is 4.39 Å². The van der Waals surface area contributed by atoms with E-state index in [1.807, 2.05) is 30.3 Å². The van der Waals surface area contributed by atoms with Crippen molar-refractivity contribution >= 4 is 16.8 Å². The van der Waals surface area contributed by atoms with Crippen molar-refractivity contribution in [2.24, 2.45) is 5.73 Å². The third-order valence-electron chi connectivity index (χ3n) is 4.42. The third-order valence-corrected chi connectivity index (χ3v) is 4.42. The van der Waals surface area contributed by atoms with Gasteiger partial charge >= 0.3 is 0 Å². The maximum atomic E-state index is 13.6. The first kappa shape index (κ1) is 16.9. The predicted octanol–water partition coefficient (Wildman–Crippen LogP) is 3.70. The molecular formula is C21H17FN4O. The molecule has 5 nitrogen and oxygen atoms in total. The van der Waals surface area contributed by atoms with Crippen molar-refractivity contribution in [3.8, 4) is 22.4 Å². The Labute approximate surface area is 155 Å². The number of benzene rings is 2. The number of hydrogen-bond donors (Lipinski definition) is 1. The van der Waals surface area contributed by atoms with Crippen LogP contribution in [0, 0.1) is 12.7 Å². The van der Waals surface area contributed by atoms with Crippen LogP contribution < -0.4 is 5.73 Å². The van der Waals surface area contributed by atoms with Crippen molar-refractivity contribution < 1.29 is 9.18 Å². The number of nitrogens with two attached hydrogens (primary N) is 1. The highest BCUT2D eigenvalue weighted by molar-refractivity contribution is 5.88. The van der Waals surface area contributed by atoms with Crippen LogP contribution in [0.3, 0.4) is 0 Å². The molecular weight excluding hydrogens is 343 g/mol. The SMILES string of the molecule is Cc1cc(-c2ncccc2-c2ccc3cn(CC(N)=O)nc3c2)ccc1F. The van der Waals surface area contributed by atoms with Crippen LogP contribution in [0.1, 0.15) is 5.56 Å². The largest absolute Gasteiger partial charge is 0.368 e. The number of primary amides is 1. The number of carbonyl (C=O) groups excluding carboxylic acids is 1. The second-order valence-corrected chi connectivity index (χ2v) is 6.43. The van der Waals surface area contributed by atoms with E-state index in [1.54, 1.807) is 31.5 Å². The zero-order valence-corrected chi connectivity index (χ0v) is 14.7. The molecule has 0 saturated heterocycles. The minimum Gasteiger partial charge on any atom is -0.368 e. The smallest absolute Gasteiger partial charge is 0.239 e. The highest BCUT2D eigenvalue weighted by Crippen LogP contribution is 2.32. The van der Waals surface area contributed by atoms with Crippen molar-refractivity contribution in [3.05, 3.63) is 72.3 Å². The van der Waals surface area contributed by atoms with Gasteiger partial charge < -0.3 is 5.73 Å². The van der Waals surface area contributed by atoms with Gasteiger partial charge in [-0.05, 0) is 48.4 Å². The van der Waals surface area contributed by atoms with Crippen molar-refractivity contribution in [3.63, 3.8) is 0 Å². The number of fused-ring (bicyclic) bond motifs is 1. The molecule has 0 bridgehead atoms. The van der Waals surface area contributed by atoms with Gasteiger partial charge in [-0.1, -0.05) is 18.2 Å². The van der Waals surface area contributed by atoms with Gasteiger partial charge in [0.15, 0.2) is 0 Å². The van der Waals surface area contributed by atoms with E-state index in [0.29, 0.717) is 5.56 Å². The van der Waals surface area contributed by atoms with E-state index >= 15 is 0 Å². The summed E-state index contributed by atoms with van der Waals surface area (Å²) >= 11 is 0. The molecule has 134 valence electrons. The van der Waals surface area contributed by atoms with Gasteiger partial charge in [-0.3, -0.25) is 14.5 Å². The summed E-state index contributed by atoms with van der Waals surface area (Å²) in [6, 6.07) is 14.7. The van der Waals surface area contributed by atoms with Crippen LogP contribution >= 0.6 is 0 Å². The zero-order chi connectivity index (χ0) is 19.0. The third kappa shape index (κ3) is 3.29. The fourth-order valence-corrected chi connectivity index (χ4v) is 3.14. The maximum absolute atomic E-state index is 13.6. The molecule has 0 aliphatic carbocycles. The minimum atomic E-state index is -0.441. The number of carbonyl (C=O) groups is 1. The van der Waals surface area contributed by atoms with E-state index in [2.05, 4.69) is 10.1 Å². The molecule has 0 aliphatic heterocycles. The highest BCUT2D eigenvalue weighted by atomic mass is 19.1. The fourth-order valence-electron chi connectivity index (χ4n) is 3.14. The molecule has 4 aromatic rings. The van der Waals surface area contributed by atoms with Crippen molar-refractivity contribution in [2.45, 2.75) is 13.5 Å². The van der Waals surface area contributed by atoms with E-state index < -0.39 is 5.91 Å². The highest BCUT2D eigenvalue weighted by Gasteiger charge is 2.12. The van der Waals surface area contributed by atoms with Gasteiger partial charge in [0.05, 0.1) is 11.2 Å². The lowest BCUT2D eigenvalue weighted by Gasteiger charge is -2.10. The van der Waals surface area contributed by atoms with E-state index in [-0.39, 0.29) is 12.4 Å². The first-order valence-corrected chi connectivity index (χ1v) is 8.49. The average Bonchev–Trinajstić information content (AvgIpc) is 3.04. The quantitative estimate of drug-likeness (QED) is 0.603. The molecule has 1 amide bonds. The summed E-state index contributed by atoms with van der Waals surface area (Å²) in [5.41, 5.74) is 10.1. The Balaban J connectivity index is 1.81. The average molecular weight is 360 g/mol. The van der Waals surface area contributed by atoms with Crippen LogP contribution in [0.25, 0.3) is 33.3 Å². The Morgan fingerprint density at radius 3 is 2.74 bits per heavy atom. The number of nitrogens with zero attached hydrogens (tertiary/aromatic N) is 3. The maximum Gasteiger partial charge on any atom is 0.239 e. The van der Waals surface area contributed by atoms with Gasteiger partial charge in [0.25, 0.3) is 0 Å². The summed E-state index contributed by atoms with van der Waals surface area (Å²) < 4.78 is 15.2.